The van der Waals surface area contributed by atoms with Crippen molar-refractivity contribution in [3.8, 4) is 6.07 Å². The standard InChI is InChI=1S/C11H9F3N2O2/c1-18-10(17)6-16-8-3-2-7(5-15)9(4-8)11(12,13)14/h2-4,16H,6H2,1H3. The maximum atomic E-state index is 12.6. The minimum Gasteiger partial charge on any atom is -0.468 e. The summed E-state index contributed by atoms with van der Waals surface area (Å²) in [6, 6.07) is 4.58. The van der Waals surface area contributed by atoms with Crippen molar-refractivity contribution in [3.05, 3.63) is 29.3 Å². The van der Waals surface area contributed by atoms with Gasteiger partial charge in [0, 0.05) is 5.69 Å². The van der Waals surface area contributed by atoms with Crippen molar-refractivity contribution in [2.24, 2.45) is 0 Å². The molecule has 1 aromatic rings. The lowest BCUT2D eigenvalue weighted by atomic mass is 10.1. The number of rotatable bonds is 3. The number of nitrogens with zero attached hydrogens (tertiary/aromatic N) is 1. The first-order valence-electron chi connectivity index (χ1n) is 4.80. The molecule has 0 saturated heterocycles. The van der Waals surface area contributed by atoms with Gasteiger partial charge < -0.3 is 10.1 Å². The number of esters is 1. The molecule has 1 aromatic carbocycles. The number of hydrogen-bond acceptors (Lipinski definition) is 4. The third kappa shape index (κ3) is 3.38. The van der Waals surface area contributed by atoms with Crippen LogP contribution in [0.4, 0.5) is 18.9 Å². The summed E-state index contributed by atoms with van der Waals surface area (Å²) in [6.45, 7) is -0.250. The predicted octanol–water partition coefficient (Wildman–Crippen LogP) is 2.16. The van der Waals surface area contributed by atoms with Crippen LogP contribution < -0.4 is 5.32 Å². The van der Waals surface area contributed by atoms with Gasteiger partial charge in [0.15, 0.2) is 0 Å². The zero-order valence-corrected chi connectivity index (χ0v) is 9.34. The van der Waals surface area contributed by atoms with Gasteiger partial charge in [-0.25, -0.2) is 0 Å². The van der Waals surface area contributed by atoms with E-state index in [1.165, 1.54) is 19.2 Å². The fourth-order valence-corrected chi connectivity index (χ4v) is 1.23. The van der Waals surface area contributed by atoms with Crippen molar-refractivity contribution in [1.82, 2.24) is 0 Å². The van der Waals surface area contributed by atoms with Gasteiger partial charge in [0.2, 0.25) is 0 Å². The molecule has 0 heterocycles. The molecule has 0 spiro atoms. The van der Waals surface area contributed by atoms with Gasteiger partial charge in [-0.15, -0.1) is 0 Å². The fraction of sp³-hybridized carbons (Fsp3) is 0.273. The van der Waals surface area contributed by atoms with E-state index in [0.29, 0.717) is 0 Å². The first-order chi connectivity index (χ1) is 8.38. The van der Waals surface area contributed by atoms with Crippen molar-refractivity contribution in [1.29, 1.82) is 5.26 Å². The zero-order chi connectivity index (χ0) is 13.8. The molecule has 0 unspecified atom stereocenters. The second kappa shape index (κ2) is 5.40. The number of anilines is 1. The van der Waals surface area contributed by atoms with E-state index in [2.05, 4.69) is 10.1 Å². The van der Waals surface area contributed by atoms with Crippen LogP contribution in [-0.4, -0.2) is 19.6 Å². The second-order valence-electron chi connectivity index (χ2n) is 3.30. The van der Waals surface area contributed by atoms with E-state index in [-0.39, 0.29) is 12.2 Å². The highest BCUT2D eigenvalue weighted by Crippen LogP contribution is 2.33. The topological polar surface area (TPSA) is 62.1 Å². The smallest absolute Gasteiger partial charge is 0.417 e. The average molecular weight is 258 g/mol. The summed E-state index contributed by atoms with van der Waals surface area (Å²) in [7, 11) is 1.17. The van der Waals surface area contributed by atoms with Crippen molar-refractivity contribution >= 4 is 11.7 Å². The SMILES string of the molecule is COC(=O)CNc1ccc(C#N)c(C(F)(F)F)c1. The Kier molecular flexibility index (Phi) is 4.15. The number of ether oxygens (including phenoxy) is 1. The molecular weight excluding hydrogens is 249 g/mol. The minimum absolute atomic E-state index is 0.0896. The van der Waals surface area contributed by atoms with E-state index in [0.717, 1.165) is 12.1 Å². The van der Waals surface area contributed by atoms with Gasteiger partial charge in [-0.3, -0.25) is 4.79 Å². The predicted molar refractivity (Wildman–Crippen MR) is 56.7 cm³/mol. The number of hydrogen-bond donors (Lipinski definition) is 1. The van der Waals surface area contributed by atoms with Crippen molar-refractivity contribution < 1.29 is 22.7 Å². The lowest BCUT2D eigenvalue weighted by Gasteiger charge is -2.11. The van der Waals surface area contributed by atoms with Gasteiger partial charge in [-0.05, 0) is 18.2 Å². The first-order valence-corrected chi connectivity index (χ1v) is 4.80. The van der Waals surface area contributed by atoms with Gasteiger partial charge in [0.25, 0.3) is 0 Å². The first kappa shape index (κ1) is 13.8. The Morgan fingerprint density at radius 3 is 2.67 bits per heavy atom. The fourth-order valence-electron chi connectivity index (χ4n) is 1.23. The number of carbonyl (C=O) groups is 1. The van der Waals surface area contributed by atoms with Crippen LogP contribution in [0.3, 0.4) is 0 Å². The molecule has 1 rings (SSSR count). The van der Waals surface area contributed by atoms with Crippen molar-refractivity contribution in [3.63, 3.8) is 0 Å². The molecule has 0 fully saturated rings. The molecule has 0 amide bonds. The third-order valence-corrected chi connectivity index (χ3v) is 2.11. The van der Waals surface area contributed by atoms with E-state index in [9.17, 15) is 18.0 Å². The van der Waals surface area contributed by atoms with Crippen LogP contribution in [-0.2, 0) is 15.7 Å². The van der Waals surface area contributed by atoms with Crippen LogP contribution in [0, 0.1) is 11.3 Å². The molecule has 0 atom stereocenters. The number of carbonyl (C=O) groups excluding carboxylic acids is 1. The Morgan fingerprint density at radius 2 is 2.17 bits per heavy atom. The zero-order valence-electron chi connectivity index (χ0n) is 9.34. The summed E-state index contributed by atoms with van der Waals surface area (Å²) in [5.41, 5.74) is -1.42. The van der Waals surface area contributed by atoms with Crippen molar-refractivity contribution in [2.45, 2.75) is 6.18 Å². The van der Waals surface area contributed by atoms with E-state index in [1.807, 2.05) is 0 Å². The Bertz CT molecular complexity index is 492. The number of alkyl halides is 3. The maximum Gasteiger partial charge on any atom is 0.417 e. The summed E-state index contributed by atoms with van der Waals surface area (Å²) in [5.74, 6) is -0.604. The molecule has 0 aliphatic heterocycles. The third-order valence-electron chi connectivity index (χ3n) is 2.11. The normalized spacial score (nSPS) is 10.6. The number of benzene rings is 1. The van der Waals surface area contributed by atoms with Gasteiger partial charge in [-0.1, -0.05) is 0 Å². The highest BCUT2D eigenvalue weighted by molar-refractivity contribution is 5.75. The summed E-state index contributed by atoms with van der Waals surface area (Å²) in [5, 5.41) is 11.1. The second-order valence-corrected chi connectivity index (χ2v) is 3.30. The molecule has 0 aliphatic rings. The summed E-state index contributed by atoms with van der Waals surface area (Å²) in [4.78, 5) is 10.8. The highest BCUT2D eigenvalue weighted by Gasteiger charge is 2.33. The van der Waals surface area contributed by atoms with Crippen LogP contribution in [0.5, 0.6) is 0 Å². The lowest BCUT2D eigenvalue weighted by Crippen LogP contribution is -2.16. The maximum absolute atomic E-state index is 12.6. The highest BCUT2D eigenvalue weighted by atomic mass is 19.4. The Morgan fingerprint density at radius 1 is 1.50 bits per heavy atom. The van der Waals surface area contributed by atoms with Crippen LogP contribution in [0.2, 0.25) is 0 Å². The molecule has 0 radical (unpaired) electrons. The van der Waals surface area contributed by atoms with Gasteiger partial charge >= 0.3 is 12.1 Å². The molecule has 96 valence electrons. The van der Waals surface area contributed by atoms with Crippen LogP contribution >= 0.6 is 0 Å². The largest absolute Gasteiger partial charge is 0.468 e. The van der Waals surface area contributed by atoms with E-state index in [4.69, 9.17) is 5.26 Å². The number of nitriles is 1. The molecule has 0 saturated carbocycles. The number of methoxy groups -OCH3 is 1. The molecule has 0 bridgehead atoms. The van der Waals surface area contributed by atoms with Crippen molar-refractivity contribution in [2.75, 3.05) is 19.0 Å². The quantitative estimate of drug-likeness (QED) is 0.844. The van der Waals surface area contributed by atoms with Gasteiger partial charge in [-0.2, -0.15) is 18.4 Å². The Balaban J connectivity index is 2.98. The van der Waals surface area contributed by atoms with Crippen LogP contribution in [0.1, 0.15) is 11.1 Å². The monoisotopic (exact) mass is 258 g/mol. The van der Waals surface area contributed by atoms with E-state index >= 15 is 0 Å². The Labute approximate surface area is 101 Å². The molecule has 7 heteroatoms. The Hall–Kier alpha value is -2.23. The summed E-state index contributed by atoms with van der Waals surface area (Å²) in [6.07, 6.45) is -4.62. The summed E-state index contributed by atoms with van der Waals surface area (Å²) >= 11 is 0. The molecule has 18 heavy (non-hydrogen) atoms. The van der Waals surface area contributed by atoms with Gasteiger partial charge in [0.05, 0.1) is 24.3 Å². The molecule has 1 N–H and O–H groups in total. The van der Waals surface area contributed by atoms with Crippen LogP contribution in [0.15, 0.2) is 18.2 Å². The molecule has 4 nitrogen and oxygen atoms in total. The molecular formula is C11H9F3N2O2. The molecule has 0 aliphatic carbocycles. The van der Waals surface area contributed by atoms with Gasteiger partial charge in [0.1, 0.15) is 6.54 Å². The number of nitrogens with one attached hydrogen (secondary N) is 1. The van der Waals surface area contributed by atoms with E-state index < -0.39 is 23.3 Å². The van der Waals surface area contributed by atoms with E-state index in [1.54, 1.807) is 0 Å². The lowest BCUT2D eigenvalue weighted by molar-refractivity contribution is -0.138. The average Bonchev–Trinajstić information content (AvgIpc) is 2.34. The minimum atomic E-state index is -4.62. The number of halogens is 3. The summed E-state index contributed by atoms with van der Waals surface area (Å²) < 4.78 is 42.2. The molecule has 0 aromatic heterocycles. The van der Waals surface area contributed by atoms with Crippen LogP contribution in [0.25, 0.3) is 0 Å².